The Balaban J connectivity index is 0.00000320. The van der Waals surface area contributed by atoms with Gasteiger partial charge in [-0.1, -0.05) is 42.5 Å². The van der Waals surface area contributed by atoms with Crippen LogP contribution >= 0.6 is 24.0 Å². The lowest BCUT2D eigenvalue weighted by Gasteiger charge is -2.29. The minimum atomic E-state index is -0.117. The van der Waals surface area contributed by atoms with Gasteiger partial charge < -0.3 is 20.3 Å². The number of carbonyl (C=O) groups is 1. The summed E-state index contributed by atoms with van der Waals surface area (Å²) < 4.78 is 5.16. The molecule has 0 atom stereocenters. The molecule has 0 fully saturated rings. The first-order valence-corrected chi connectivity index (χ1v) is 9.83. The number of hydrogen-bond donors (Lipinski definition) is 2. The molecule has 0 aromatic heterocycles. The van der Waals surface area contributed by atoms with Crippen LogP contribution in [0, 0.1) is 0 Å². The second-order valence-electron chi connectivity index (χ2n) is 6.75. The van der Waals surface area contributed by atoms with Gasteiger partial charge in [0.25, 0.3) is 5.91 Å². The van der Waals surface area contributed by atoms with Gasteiger partial charge in [0, 0.05) is 38.8 Å². The van der Waals surface area contributed by atoms with Crippen LogP contribution in [0.2, 0.25) is 0 Å². The van der Waals surface area contributed by atoms with Crippen molar-refractivity contribution in [3.8, 4) is 5.75 Å². The number of rotatable bonds is 6. The van der Waals surface area contributed by atoms with Gasteiger partial charge in [0.05, 0.1) is 7.11 Å². The fourth-order valence-electron chi connectivity index (χ4n) is 3.32. The summed E-state index contributed by atoms with van der Waals surface area (Å²) in [7, 11) is 3.37. The number of amides is 1. The fourth-order valence-corrected chi connectivity index (χ4v) is 3.32. The number of methoxy groups -OCH3 is 1. The van der Waals surface area contributed by atoms with Gasteiger partial charge in [0.1, 0.15) is 5.75 Å². The van der Waals surface area contributed by atoms with E-state index in [4.69, 9.17) is 4.74 Å². The van der Waals surface area contributed by atoms with Crippen LogP contribution in [-0.2, 0) is 0 Å². The van der Waals surface area contributed by atoms with E-state index in [9.17, 15) is 4.79 Å². The van der Waals surface area contributed by atoms with Crippen molar-refractivity contribution >= 4 is 41.4 Å². The molecule has 0 aliphatic carbocycles. The van der Waals surface area contributed by atoms with Crippen LogP contribution in [0.5, 0.6) is 5.75 Å². The van der Waals surface area contributed by atoms with Gasteiger partial charge in [0.15, 0.2) is 5.96 Å². The van der Waals surface area contributed by atoms with Crippen molar-refractivity contribution in [2.45, 2.75) is 6.42 Å². The molecule has 6 nitrogen and oxygen atoms in total. The zero-order valence-electron chi connectivity index (χ0n) is 17.4. The minimum Gasteiger partial charge on any atom is -0.497 e. The summed E-state index contributed by atoms with van der Waals surface area (Å²) in [6.45, 7) is 2.85. The second-order valence-corrected chi connectivity index (χ2v) is 6.75. The number of carbonyl (C=O) groups excluding carboxylic acids is 1. The summed E-state index contributed by atoms with van der Waals surface area (Å²) in [5.74, 6) is 1.40. The van der Waals surface area contributed by atoms with Crippen LogP contribution in [0.3, 0.4) is 0 Å². The summed E-state index contributed by atoms with van der Waals surface area (Å²) >= 11 is 0. The molecule has 30 heavy (non-hydrogen) atoms. The number of aliphatic imine (C=N–C) groups is 1. The molecule has 0 saturated heterocycles. The van der Waals surface area contributed by atoms with Crippen LogP contribution in [0.25, 0.3) is 5.57 Å². The molecule has 2 N–H and O–H groups in total. The topological polar surface area (TPSA) is 66.0 Å². The van der Waals surface area contributed by atoms with Crippen molar-refractivity contribution in [2.75, 3.05) is 40.3 Å². The van der Waals surface area contributed by atoms with Gasteiger partial charge in [-0.05, 0) is 35.8 Å². The van der Waals surface area contributed by atoms with Crippen LogP contribution in [-0.4, -0.2) is 57.1 Å². The quantitative estimate of drug-likeness (QED) is 0.265. The summed E-state index contributed by atoms with van der Waals surface area (Å²) in [6.07, 6.45) is 3.24. The largest absolute Gasteiger partial charge is 0.497 e. The van der Waals surface area contributed by atoms with Gasteiger partial charge >= 0.3 is 0 Å². The number of nitrogens with one attached hydrogen (secondary N) is 2. The molecule has 160 valence electrons. The molecular weight excluding hydrogens is 491 g/mol. The van der Waals surface area contributed by atoms with E-state index in [1.807, 2.05) is 12.1 Å². The molecule has 2 aromatic carbocycles. The lowest BCUT2D eigenvalue weighted by Crippen LogP contribution is -2.45. The number of guanidine groups is 1. The molecule has 0 radical (unpaired) electrons. The van der Waals surface area contributed by atoms with Crippen molar-refractivity contribution in [2.24, 2.45) is 4.99 Å². The van der Waals surface area contributed by atoms with E-state index in [0.717, 1.165) is 25.5 Å². The predicted molar refractivity (Wildman–Crippen MR) is 133 cm³/mol. The fraction of sp³-hybridized carbons (Fsp3) is 0.304. The van der Waals surface area contributed by atoms with E-state index in [1.54, 1.807) is 32.4 Å². The zero-order valence-corrected chi connectivity index (χ0v) is 19.8. The molecular formula is C23H29IN4O2. The molecule has 1 amide bonds. The average molecular weight is 520 g/mol. The number of benzene rings is 2. The highest BCUT2D eigenvalue weighted by atomic mass is 127. The van der Waals surface area contributed by atoms with Crippen molar-refractivity contribution in [3.63, 3.8) is 0 Å². The highest BCUT2D eigenvalue weighted by molar-refractivity contribution is 14.0. The lowest BCUT2D eigenvalue weighted by molar-refractivity contribution is 0.0954. The maximum Gasteiger partial charge on any atom is 0.251 e. The monoisotopic (exact) mass is 520 g/mol. The van der Waals surface area contributed by atoms with E-state index in [1.165, 1.54) is 11.1 Å². The Morgan fingerprint density at radius 2 is 1.87 bits per heavy atom. The smallest absolute Gasteiger partial charge is 0.251 e. The number of ether oxygens (including phenoxy) is 1. The highest BCUT2D eigenvalue weighted by Gasteiger charge is 2.16. The van der Waals surface area contributed by atoms with Crippen LogP contribution in [0.15, 0.2) is 65.7 Å². The number of nitrogens with zero attached hydrogens (tertiary/aromatic N) is 2. The Morgan fingerprint density at radius 1 is 1.10 bits per heavy atom. The number of hydrogen-bond acceptors (Lipinski definition) is 3. The molecule has 1 aliphatic heterocycles. The Bertz CT molecular complexity index is 884. The molecule has 0 saturated carbocycles. The zero-order chi connectivity index (χ0) is 20.5. The van der Waals surface area contributed by atoms with Crippen LogP contribution < -0.4 is 15.4 Å². The molecule has 0 bridgehead atoms. The SMILES string of the molecule is CN=C(NCCNC(=O)c1cccc(OC)c1)N1CC=C(c2ccccc2)CC1.I. The first kappa shape index (κ1) is 23.7. The minimum absolute atomic E-state index is 0. The van der Waals surface area contributed by atoms with E-state index < -0.39 is 0 Å². The van der Waals surface area contributed by atoms with E-state index in [0.29, 0.717) is 24.4 Å². The first-order chi connectivity index (χ1) is 14.2. The Labute approximate surface area is 195 Å². The average Bonchev–Trinajstić information content (AvgIpc) is 2.80. The molecule has 7 heteroatoms. The third kappa shape index (κ3) is 6.48. The standard InChI is InChI=1S/C23H28N4O2.HI/c1-24-23(27-15-11-19(12-16-27)18-7-4-3-5-8-18)26-14-13-25-22(28)20-9-6-10-21(17-20)29-2;/h3-11,17H,12-16H2,1-2H3,(H,24,26)(H,25,28);1H. The lowest BCUT2D eigenvalue weighted by atomic mass is 10.00. The molecule has 2 aromatic rings. The predicted octanol–water partition coefficient (Wildman–Crippen LogP) is 3.41. The summed E-state index contributed by atoms with van der Waals surface area (Å²) in [6, 6.07) is 17.6. The summed E-state index contributed by atoms with van der Waals surface area (Å²) in [5.41, 5.74) is 3.25. The summed E-state index contributed by atoms with van der Waals surface area (Å²) in [4.78, 5) is 18.9. The Hall–Kier alpha value is -2.55. The van der Waals surface area contributed by atoms with Gasteiger partial charge in [-0.3, -0.25) is 9.79 Å². The number of halogens is 1. The maximum absolute atomic E-state index is 12.3. The Morgan fingerprint density at radius 3 is 2.53 bits per heavy atom. The van der Waals surface area contributed by atoms with Crippen LogP contribution in [0.4, 0.5) is 0 Å². The van der Waals surface area contributed by atoms with Crippen molar-refractivity contribution in [1.82, 2.24) is 15.5 Å². The maximum atomic E-state index is 12.3. The van der Waals surface area contributed by atoms with E-state index in [2.05, 4.69) is 50.9 Å². The van der Waals surface area contributed by atoms with Crippen molar-refractivity contribution in [1.29, 1.82) is 0 Å². The van der Waals surface area contributed by atoms with Gasteiger partial charge in [-0.2, -0.15) is 0 Å². The molecule has 0 unspecified atom stereocenters. The summed E-state index contributed by atoms with van der Waals surface area (Å²) in [5, 5.41) is 6.25. The normalized spacial score (nSPS) is 13.7. The molecule has 1 heterocycles. The third-order valence-corrected chi connectivity index (χ3v) is 4.89. The van der Waals surface area contributed by atoms with Crippen LogP contribution in [0.1, 0.15) is 22.3 Å². The van der Waals surface area contributed by atoms with Crippen molar-refractivity contribution in [3.05, 3.63) is 71.8 Å². The van der Waals surface area contributed by atoms with E-state index >= 15 is 0 Å². The Kier molecular flexibility index (Phi) is 9.66. The third-order valence-electron chi connectivity index (χ3n) is 4.89. The highest BCUT2D eigenvalue weighted by Crippen LogP contribution is 2.21. The van der Waals surface area contributed by atoms with Gasteiger partial charge in [0.2, 0.25) is 0 Å². The molecule has 1 aliphatic rings. The molecule has 0 spiro atoms. The van der Waals surface area contributed by atoms with Gasteiger partial charge in [-0.15, -0.1) is 24.0 Å². The second kappa shape index (κ2) is 12.2. The van der Waals surface area contributed by atoms with Crippen molar-refractivity contribution < 1.29 is 9.53 Å². The van der Waals surface area contributed by atoms with Gasteiger partial charge in [-0.25, -0.2) is 0 Å². The van der Waals surface area contributed by atoms with E-state index in [-0.39, 0.29) is 29.9 Å². The first-order valence-electron chi connectivity index (χ1n) is 9.83. The molecule has 3 rings (SSSR count).